The summed E-state index contributed by atoms with van der Waals surface area (Å²) in [5.74, 6) is 0. The Morgan fingerprint density at radius 3 is 2.28 bits per heavy atom. The number of fused-ring (bicyclic) bond motifs is 1. The van der Waals surface area contributed by atoms with Crippen LogP contribution in [0.5, 0.6) is 0 Å². The van der Waals surface area contributed by atoms with Gasteiger partial charge in [0.1, 0.15) is 0 Å². The van der Waals surface area contributed by atoms with Crippen molar-refractivity contribution in [2.45, 2.75) is 36.1 Å². The normalized spacial score (nSPS) is 23.2. The third kappa shape index (κ3) is 3.15. The van der Waals surface area contributed by atoms with Crippen molar-refractivity contribution in [2.24, 2.45) is 0 Å². The summed E-state index contributed by atoms with van der Waals surface area (Å²) in [5.41, 5.74) is 8.69. The van der Waals surface area contributed by atoms with Gasteiger partial charge < -0.3 is 24.8 Å². The quantitative estimate of drug-likeness (QED) is 0.467. The van der Waals surface area contributed by atoms with E-state index in [-0.39, 0.29) is 24.8 Å². The van der Waals surface area contributed by atoms with Crippen LogP contribution < -0.4 is 24.8 Å². The molecule has 2 aliphatic carbocycles. The van der Waals surface area contributed by atoms with Crippen molar-refractivity contribution >= 4 is 30.7 Å². The fourth-order valence-electron chi connectivity index (χ4n) is 4.58. The van der Waals surface area contributed by atoms with E-state index in [1.807, 2.05) is 11.3 Å². The summed E-state index contributed by atoms with van der Waals surface area (Å²) in [6, 6.07) is 11.0. The first-order valence-corrected chi connectivity index (χ1v) is 13.6. The molecule has 0 saturated carbocycles. The Bertz CT molecular complexity index is 866. The van der Waals surface area contributed by atoms with E-state index in [1.54, 1.807) is 45.9 Å². The van der Waals surface area contributed by atoms with Crippen LogP contribution >= 0.6 is 11.3 Å². The van der Waals surface area contributed by atoms with Crippen LogP contribution in [0.4, 0.5) is 0 Å². The van der Waals surface area contributed by atoms with Gasteiger partial charge in [-0.15, -0.1) is 11.3 Å². The molecule has 4 aliphatic rings. The summed E-state index contributed by atoms with van der Waals surface area (Å²) >= 11 is 3.55. The molecule has 0 saturated heterocycles. The van der Waals surface area contributed by atoms with Gasteiger partial charge in [0, 0.05) is 10.4 Å². The van der Waals surface area contributed by atoms with Crippen LogP contribution in [0.3, 0.4) is 0 Å². The van der Waals surface area contributed by atoms with Crippen LogP contribution in [0.2, 0.25) is 13.1 Å². The van der Waals surface area contributed by atoms with Gasteiger partial charge in [-0.1, -0.05) is 18.7 Å². The Morgan fingerprint density at radius 1 is 1.00 bits per heavy atom. The van der Waals surface area contributed by atoms with Crippen molar-refractivity contribution in [3.8, 4) is 0 Å². The molecule has 3 heterocycles. The first-order chi connectivity index (χ1) is 10.9. The van der Waals surface area contributed by atoms with Crippen molar-refractivity contribution in [2.75, 3.05) is 0 Å². The number of rotatable bonds is 0. The van der Waals surface area contributed by atoms with Gasteiger partial charge in [-0.3, -0.25) is 0 Å². The van der Waals surface area contributed by atoms with Crippen molar-refractivity contribution in [3.63, 3.8) is 0 Å². The molecule has 129 valence electrons. The predicted molar refractivity (Wildman–Crippen MR) is 100.0 cm³/mol. The third-order valence-electron chi connectivity index (χ3n) is 5.57. The van der Waals surface area contributed by atoms with Gasteiger partial charge in [-0.25, -0.2) is 0 Å². The molecule has 5 heteroatoms. The SMILES string of the molecule is CC1=C2c3sccc3C1[Si]2(C)C.CC1=Cc2ccccc2[CH]1[Zr+2].[Cl-].[Cl-]. The monoisotopic (exact) mass is 481 g/mol. The molecular formula is C20H21Cl2SSiZr. The molecule has 2 unspecified atom stereocenters. The minimum absolute atomic E-state index is 0. The summed E-state index contributed by atoms with van der Waals surface area (Å²) in [6.07, 6.45) is 2.30. The minimum Gasteiger partial charge on any atom is -1.00 e. The summed E-state index contributed by atoms with van der Waals surface area (Å²) in [7, 11) is -0.972. The maximum atomic E-state index is 2.51. The molecule has 2 atom stereocenters. The number of thiophene rings is 1. The van der Waals surface area contributed by atoms with E-state index in [9.17, 15) is 0 Å². The van der Waals surface area contributed by atoms with Crippen LogP contribution in [0.25, 0.3) is 11.3 Å². The van der Waals surface area contributed by atoms with Crippen LogP contribution in [-0.2, 0) is 24.7 Å². The van der Waals surface area contributed by atoms with Gasteiger partial charge in [-0.05, 0) is 29.1 Å². The molecule has 0 fully saturated rings. The Kier molecular flexibility index (Phi) is 6.50. The molecule has 0 N–H and O–H groups in total. The number of halogens is 2. The molecule has 0 spiro atoms. The zero-order valence-corrected chi connectivity index (χ0v) is 20.6. The smallest absolute Gasteiger partial charge is 1.00 e. The Morgan fingerprint density at radius 2 is 1.68 bits per heavy atom. The second-order valence-corrected chi connectivity index (χ2v) is 14.2. The van der Waals surface area contributed by atoms with Crippen LogP contribution in [-0.4, -0.2) is 8.07 Å². The average Bonchev–Trinajstić information content (AvgIpc) is 3.18. The number of hydrogen-bond acceptors (Lipinski definition) is 1. The first kappa shape index (κ1) is 21.4. The molecule has 2 aliphatic heterocycles. The van der Waals surface area contributed by atoms with E-state index < -0.39 is 8.07 Å². The predicted octanol–water partition coefficient (Wildman–Crippen LogP) is 0.119. The second-order valence-electron chi connectivity index (χ2n) is 7.37. The summed E-state index contributed by atoms with van der Waals surface area (Å²) in [6.45, 7) is 9.56. The number of hydrogen-bond donors (Lipinski definition) is 0. The maximum absolute atomic E-state index is 2.51. The van der Waals surface area contributed by atoms with Crippen molar-refractivity contribution < 1.29 is 49.5 Å². The van der Waals surface area contributed by atoms with Gasteiger partial charge in [0.05, 0.1) is 8.07 Å². The van der Waals surface area contributed by atoms with Crippen LogP contribution in [0.1, 0.15) is 44.6 Å². The molecule has 1 aromatic heterocycles. The molecule has 0 radical (unpaired) electrons. The standard InChI is InChI=1S/C10H12SSi.C10H9.2ClH.Zr/c1-6-9-7-4-5-11-8(7)10(6)12(9,2)3;1-8-6-9-4-2-3-5-10(9)7-8;;;/h4-5,9H,1-3H3;2-7H,1H3;2*1H;/q;;;;+2/p-2. The fraction of sp³-hybridized carbons (Fsp3) is 0.300. The Balaban J connectivity index is 0.000000168. The van der Waals surface area contributed by atoms with Gasteiger partial charge in [0.2, 0.25) is 0 Å². The van der Waals surface area contributed by atoms with Gasteiger partial charge in [0.25, 0.3) is 0 Å². The minimum atomic E-state index is -0.972. The topological polar surface area (TPSA) is 0 Å². The molecule has 6 rings (SSSR count). The summed E-state index contributed by atoms with van der Waals surface area (Å²) in [4.78, 5) is 1.63. The molecule has 0 amide bonds. The summed E-state index contributed by atoms with van der Waals surface area (Å²) < 4.78 is 0.721. The van der Waals surface area contributed by atoms with E-state index >= 15 is 0 Å². The number of benzene rings is 1. The van der Waals surface area contributed by atoms with Gasteiger partial charge in [-0.2, -0.15) is 0 Å². The van der Waals surface area contributed by atoms with E-state index in [1.165, 1.54) is 16.7 Å². The zero-order chi connectivity index (χ0) is 16.4. The molecule has 1 aromatic carbocycles. The molecular weight excluding hydrogens is 463 g/mol. The molecule has 25 heavy (non-hydrogen) atoms. The zero-order valence-electron chi connectivity index (χ0n) is 14.9. The largest absolute Gasteiger partial charge is 1.00 e. The van der Waals surface area contributed by atoms with Gasteiger partial charge in [0.15, 0.2) is 0 Å². The molecule has 2 bridgehead atoms. The molecule has 0 nitrogen and oxygen atoms in total. The average molecular weight is 484 g/mol. The van der Waals surface area contributed by atoms with Gasteiger partial charge >= 0.3 is 82.3 Å². The number of allylic oxidation sites excluding steroid dienone is 2. The van der Waals surface area contributed by atoms with Crippen molar-refractivity contribution in [1.82, 2.24) is 0 Å². The Hall–Kier alpha value is 0.0800. The maximum Gasteiger partial charge on any atom is -1.00 e. The Labute approximate surface area is 183 Å². The van der Waals surface area contributed by atoms with Crippen molar-refractivity contribution in [3.05, 3.63) is 68.4 Å². The van der Waals surface area contributed by atoms with E-state index in [4.69, 9.17) is 0 Å². The van der Waals surface area contributed by atoms with Crippen molar-refractivity contribution in [1.29, 1.82) is 0 Å². The first-order valence-electron chi connectivity index (χ1n) is 8.20. The van der Waals surface area contributed by atoms with E-state index in [0.29, 0.717) is 0 Å². The van der Waals surface area contributed by atoms with Crippen LogP contribution in [0, 0.1) is 0 Å². The second kappa shape index (κ2) is 7.60. The van der Waals surface area contributed by atoms with E-state index in [0.717, 1.165) is 9.17 Å². The fourth-order valence-corrected chi connectivity index (χ4v) is 11.7. The molecule has 2 aromatic rings. The van der Waals surface area contributed by atoms with E-state index in [2.05, 4.69) is 68.7 Å². The third-order valence-corrected chi connectivity index (χ3v) is 12.7. The summed E-state index contributed by atoms with van der Waals surface area (Å²) in [5, 5.41) is 4.02. The van der Waals surface area contributed by atoms with Crippen LogP contribution in [0.15, 0.2) is 46.9 Å².